The van der Waals surface area contributed by atoms with E-state index >= 15 is 0 Å². The number of ether oxygens (including phenoxy) is 2. The van der Waals surface area contributed by atoms with Crippen molar-refractivity contribution in [3.63, 3.8) is 0 Å². The van der Waals surface area contributed by atoms with Crippen LogP contribution in [-0.2, 0) is 14.3 Å². The maximum atomic E-state index is 12.0. The summed E-state index contributed by atoms with van der Waals surface area (Å²) in [6.45, 7) is -0.107. The molecule has 6 rings (SSSR count). The van der Waals surface area contributed by atoms with Gasteiger partial charge in [-0.2, -0.15) is 0 Å². The molecule has 0 spiro atoms. The van der Waals surface area contributed by atoms with Gasteiger partial charge in [0.05, 0.1) is 25.4 Å². The first-order chi connectivity index (χ1) is 28.2. The van der Waals surface area contributed by atoms with E-state index in [9.17, 15) is 30.0 Å². The van der Waals surface area contributed by atoms with Crippen LogP contribution in [0.25, 0.3) is 22.3 Å². The largest absolute Gasteiger partial charge is 0.465 e. The van der Waals surface area contributed by atoms with Crippen molar-refractivity contribution < 1.29 is 70.1 Å². The fourth-order valence-electron chi connectivity index (χ4n) is 6.86. The highest BCUT2D eigenvalue weighted by Crippen LogP contribution is 2.45. The standard InChI is InChI=1S/C21H25NO7.C16H14O2.C6H15NO5/c23-10-18(25)20(27)19(26)17(24)9-22-21(28)29-11-16-14-7-3-1-5-12(14)13-6-2-4-8-15(13)16;1-11(17)18-10-16-14-8-4-2-6-12(14)13-7-3-5-9-15(13)16;7-1-3(9)5(11)6(12)4(10)2-8/h1-8,16-20,23-27H,9-11H2,(H,22,28);2-9,16H,10H2,1H3;3-6,8-12H,1-2,7H2. The number of nitrogens with two attached hydrogens (primary N) is 1. The van der Waals surface area contributed by atoms with Crippen LogP contribution in [-0.4, -0.2) is 151 Å². The Morgan fingerprint density at radius 3 is 1.20 bits per heavy atom. The minimum atomic E-state index is -1.75. The van der Waals surface area contributed by atoms with E-state index in [1.807, 2.05) is 72.8 Å². The van der Waals surface area contributed by atoms with E-state index in [0.29, 0.717) is 6.61 Å². The number of fused-ring (bicyclic) bond motifs is 6. The maximum absolute atomic E-state index is 12.0. The average molecular weight is 823 g/mol. The maximum Gasteiger partial charge on any atom is 0.407 e. The summed E-state index contributed by atoms with van der Waals surface area (Å²) in [5, 5.41) is 93.8. The second-order valence-electron chi connectivity index (χ2n) is 14.1. The second-order valence-corrected chi connectivity index (χ2v) is 14.1. The lowest BCUT2D eigenvalue weighted by Crippen LogP contribution is -2.49. The molecule has 4 aromatic rings. The van der Waals surface area contributed by atoms with Gasteiger partial charge in [-0.05, 0) is 44.5 Å². The molecule has 13 N–H and O–H groups in total. The van der Waals surface area contributed by atoms with Crippen molar-refractivity contribution in [3.05, 3.63) is 119 Å². The van der Waals surface area contributed by atoms with Gasteiger partial charge in [0, 0.05) is 31.8 Å². The van der Waals surface area contributed by atoms with E-state index in [2.05, 4.69) is 29.6 Å². The number of aliphatic hydroxyl groups excluding tert-OH is 10. The van der Waals surface area contributed by atoms with Gasteiger partial charge in [-0.3, -0.25) is 4.79 Å². The predicted molar refractivity (Wildman–Crippen MR) is 215 cm³/mol. The number of esters is 1. The molecule has 320 valence electrons. The number of rotatable bonds is 15. The van der Waals surface area contributed by atoms with Crippen LogP contribution in [0.1, 0.15) is 41.0 Å². The van der Waals surface area contributed by atoms with Gasteiger partial charge in [0.2, 0.25) is 0 Å². The fraction of sp³-hybridized carbons (Fsp3) is 0.395. The zero-order chi connectivity index (χ0) is 43.2. The first-order valence-electron chi connectivity index (χ1n) is 19.0. The summed E-state index contributed by atoms with van der Waals surface area (Å²) < 4.78 is 10.5. The predicted octanol–water partition coefficient (Wildman–Crippen LogP) is -0.296. The molecule has 0 radical (unpaired) electrons. The molecule has 16 nitrogen and oxygen atoms in total. The number of nitrogens with one attached hydrogen (secondary N) is 1. The molecule has 4 aromatic carbocycles. The molecule has 8 atom stereocenters. The molecule has 16 heteroatoms. The van der Waals surface area contributed by atoms with Crippen molar-refractivity contribution in [2.45, 2.75) is 67.6 Å². The van der Waals surface area contributed by atoms with Crippen molar-refractivity contribution in [2.24, 2.45) is 5.73 Å². The smallest absolute Gasteiger partial charge is 0.407 e. The molecule has 0 heterocycles. The first-order valence-corrected chi connectivity index (χ1v) is 19.0. The molecule has 59 heavy (non-hydrogen) atoms. The third-order valence-electron chi connectivity index (χ3n) is 10.1. The number of hydrogen-bond acceptors (Lipinski definition) is 15. The third-order valence-corrected chi connectivity index (χ3v) is 10.1. The van der Waals surface area contributed by atoms with Crippen molar-refractivity contribution >= 4 is 12.1 Å². The summed E-state index contributed by atoms with van der Waals surface area (Å²) in [6, 6.07) is 32.5. The number of carbonyl (C=O) groups excluding carboxylic acids is 2. The average Bonchev–Trinajstić information content (AvgIpc) is 3.77. The lowest BCUT2D eigenvalue weighted by Gasteiger charge is -2.25. The number of aliphatic hydroxyl groups is 10. The Bertz CT molecular complexity index is 1840. The summed E-state index contributed by atoms with van der Waals surface area (Å²) in [4.78, 5) is 23.0. The van der Waals surface area contributed by atoms with Crippen LogP contribution in [0.5, 0.6) is 0 Å². The Kier molecular flexibility index (Phi) is 17.9. The fourth-order valence-corrected chi connectivity index (χ4v) is 6.86. The Labute approximate surface area is 341 Å². The van der Waals surface area contributed by atoms with Gasteiger partial charge in [-0.25, -0.2) is 4.79 Å². The number of hydrogen-bond donors (Lipinski definition) is 12. The molecule has 0 aromatic heterocycles. The molecular weight excluding hydrogens is 768 g/mol. The molecule has 2 aliphatic rings. The molecule has 2 aliphatic carbocycles. The van der Waals surface area contributed by atoms with Gasteiger partial charge in [0.25, 0.3) is 0 Å². The van der Waals surface area contributed by atoms with Gasteiger partial charge in [0.1, 0.15) is 49.8 Å². The normalized spacial score (nSPS) is 16.7. The highest BCUT2D eigenvalue weighted by Gasteiger charge is 2.32. The molecule has 1 amide bonds. The topological polar surface area (TPSA) is 293 Å². The minimum absolute atomic E-state index is 0.102. The number of carbonyl (C=O) groups is 2. The number of benzene rings is 4. The SMILES string of the molecule is CC(=O)OCC1c2ccccc2-c2ccccc21.NCC(O)C(O)C(O)C(O)CO.O=C(NCC(O)C(O)C(O)C(O)CO)OCC1c2ccccc2-c2ccccc21. The van der Waals surface area contributed by atoms with Crippen LogP contribution in [0.2, 0.25) is 0 Å². The summed E-state index contributed by atoms with van der Waals surface area (Å²) in [6.07, 6.45) is -13.3. The minimum Gasteiger partial charge on any atom is -0.465 e. The van der Waals surface area contributed by atoms with Crippen LogP contribution in [0, 0.1) is 0 Å². The van der Waals surface area contributed by atoms with E-state index in [1.165, 1.54) is 29.2 Å². The second kappa shape index (κ2) is 22.5. The van der Waals surface area contributed by atoms with Crippen LogP contribution >= 0.6 is 0 Å². The number of amides is 1. The van der Waals surface area contributed by atoms with Crippen molar-refractivity contribution in [3.8, 4) is 22.3 Å². The van der Waals surface area contributed by atoms with Crippen molar-refractivity contribution in [2.75, 3.05) is 39.5 Å². The Morgan fingerprint density at radius 1 is 0.542 bits per heavy atom. The molecule has 0 fully saturated rings. The Morgan fingerprint density at radius 2 is 0.864 bits per heavy atom. The van der Waals surface area contributed by atoms with E-state index in [0.717, 1.165) is 22.3 Å². The molecule has 8 unspecified atom stereocenters. The molecular formula is C43H54N2O14. The zero-order valence-corrected chi connectivity index (χ0v) is 32.4. The monoisotopic (exact) mass is 822 g/mol. The first kappa shape index (κ1) is 46.9. The van der Waals surface area contributed by atoms with E-state index in [4.69, 9.17) is 45.8 Å². The molecule has 0 bridgehead atoms. The van der Waals surface area contributed by atoms with Crippen molar-refractivity contribution in [1.29, 1.82) is 0 Å². The van der Waals surface area contributed by atoms with Crippen LogP contribution in [0.15, 0.2) is 97.1 Å². The van der Waals surface area contributed by atoms with Crippen LogP contribution in [0.4, 0.5) is 4.79 Å². The Balaban J connectivity index is 0.000000218. The van der Waals surface area contributed by atoms with E-state index < -0.39 is 74.7 Å². The van der Waals surface area contributed by atoms with E-state index in [1.54, 1.807) is 0 Å². The van der Waals surface area contributed by atoms with Crippen molar-refractivity contribution in [1.82, 2.24) is 5.32 Å². The summed E-state index contributed by atoms with van der Waals surface area (Å²) in [7, 11) is 0. The quantitative estimate of drug-likeness (QED) is 0.0686. The molecule has 0 saturated carbocycles. The summed E-state index contributed by atoms with van der Waals surface area (Å²) in [5.74, 6) is -0.164. The third kappa shape index (κ3) is 11.9. The highest BCUT2D eigenvalue weighted by atomic mass is 16.5. The Hall–Kier alpha value is -4.82. The number of alkyl carbamates (subject to hydrolysis) is 1. The van der Waals surface area contributed by atoms with Gasteiger partial charge < -0.3 is 71.6 Å². The highest BCUT2D eigenvalue weighted by molar-refractivity contribution is 5.80. The van der Waals surface area contributed by atoms with Crippen LogP contribution < -0.4 is 11.1 Å². The van der Waals surface area contributed by atoms with Gasteiger partial charge in [0.15, 0.2) is 0 Å². The van der Waals surface area contributed by atoms with Gasteiger partial charge in [-0.1, -0.05) is 97.1 Å². The summed E-state index contributed by atoms with van der Waals surface area (Å²) >= 11 is 0. The van der Waals surface area contributed by atoms with Gasteiger partial charge in [-0.15, -0.1) is 0 Å². The van der Waals surface area contributed by atoms with E-state index in [-0.39, 0.29) is 31.0 Å². The summed E-state index contributed by atoms with van der Waals surface area (Å²) in [5.41, 5.74) is 14.3. The zero-order valence-electron chi connectivity index (χ0n) is 32.4. The lowest BCUT2D eigenvalue weighted by atomic mass is 9.98. The van der Waals surface area contributed by atoms with Gasteiger partial charge >= 0.3 is 12.1 Å². The van der Waals surface area contributed by atoms with Crippen LogP contribution in [0.3, 0.4) is 0 Å². The lowest BCUT2D eigenvalue weighted by molar-refractivity contribution is -0.141. The molecule has 0 saturated heterocycles. The molecule has 0 aliphatic heterocycles.